The zero-order valence-corrected chi connectivity index (χ0v) is 13.0. The average molecular weight is 304 g/mol. The van der Waals surface area contributed by atoms with Gasteiger partial charge in [-0.1, -0.05) is 6.92 Å². The van der Waals surface area contributed by atoms with Gasteiger partial charge in [-0.15, -0.1) is 0 Å². The summed E-state index contributed by atoms with van der Waals surface area (Å²) in [6, 6.07) is 0.0651. The van der Waals surface area contributed by atoms with Crippen LogP contribution in [0.3, 0.4) is 0 Å². The van der Waals surface area contributed by atoms with Gasteiger partial charge >= 0.3 is 5.97 Å². The lowest BCUT2D eigenvalue weighted by Crippen LogP contribution is -2.52. The Kier molecular flexibility index (Phi) is 4.71. The summed E-state index contributed by atoms with van der Waals surface area (Å²) in [6.07, 6.45) is 3.77. The van der Waals surface area contributed by atoms with Crippen LogP contribution in [-0.4, -0.2) is 53.3 Å². The van der Waals surface area contributed by atoms with Crippen LogP contribution in [0.5, 0.6) is 0 Å². The molecule has 2 rings (SSSR count). The molecule has 0 saturated carbocycles. The van der Waals surface area contributed by atoms with Gasteiger partial charge < -0.3 is 5.11 Å². The summed E-state index contributed by atoms with van der Waals surface area (Å²) in [5.74, 6) is -1.47. The summed E-state index contributed by atoms with van der Waals surface area (Å²) in [5.41, 5.74) is 0. The van der Waals surface area contributed by atoms with Gasteiger partial charge in [0.15, 0.2) is 0 Å². The third kappa shape index (κ3) is 2.84. The molecule has 0 aromatic heterocycles. The van der Waals surface area contributed by atoms with Crippen LogP contribution in [0.15, 0.2) is 0 Å². The van der Waals surface area contributed by atoms with E-state index in [-0.39, 0.29) is 18.6 Å². The highest BCUT2D eigenvalue weighted by atomic mass is 32.2. The molecule has 20 heavy (non-hydrogen) atoms. The number of aliphatic carboxylic acids is 1. The maximum absolute atomic E-state index is 12.8. The second-order valence-electron chi connectivity index (χ2n) is 5.86. The molecular formula is C13H24N2O4S. The molecule has 3 unspecified atom stereocenters. The van der Waals surface area contributed by atoms with Crippen LogP contribution in [0.25, 0.3) is 0 Å². The van der Waals surface area contributed by atoms with Crippen LogP contribution in [-0.2, 0) is 15.0 Å². The van der Waals surface area contributed by atoms with Crippen molar-refractivity contribution in [1.29, 1.82) is 0 Å². The Morgan fingerprint density at radius 1 is 1.30 bits per heavy atom. The molecule has 6 nitrogen and oxygen atoms in total. The molecule has 0 amide bonds. The quantitative estimate of drug-likeness (QED) is 0.849. The van der Waals surface area contributed by atoms with E-state index in [1.807, 2.05) is 13.8 Å². The molecule has 0 radical (unpaired) electrons. The molecule has 0 aliphatic carbocycles. The number of rotatable bonds is 4. The van der Waals surface area contributed by atoms with E-state index in [1.54, 1.807) is 4.31 Å². The number of hydrogen-bond acceptors (Lipinski definition) is 3. The zero-order chi connectivity index (χ0) is 14.9. The van der Waals surface area contributed by atoms with Gasteiger partial charge in [0, 0.05) is 25.2 Å². The molecule has 1 N–H and O–H groups in total. The van der Waals surface area contributed by atoms with Gasteiger partial charge in [-0.3, -0.25) is 4.79 Å². The number of nitrogens with zero attached hydrogens (tertiary/aromatic N) is 2. The molecule has 2 fully saturated rings. The van der Waals surface area contributed by atoms with E-state index in [0.717, 1.165) is 19.3 Å². The lowest BCUT2D eigenvalue weighted by atomic mass is 10.0. The van der Waals surface area contributed by atoms with Crippen molar-refractivity contribution in [3.63, 3.8) is 0 Å². The highest BCUT2D eigenvalue weighted by Crippen LogP contribution is 2.32. The fraction of sp³-hybridized carbons (Fsp3) is 0.923. The molecule has 0 aromatic rings. The van der Waals surface area contributed by atoms with E-state index < -0.39 is 22.1 Å². The molecule has 2 aliphatic rings. The standard InChI is InChI=1S/C13H24N2O4S/c1-3-12-7-6-10(2)15(12)20(18,19)14-8-4-5-11(9-14)13(16)17/h10-12H,3-9H2,1-2H3,(H,16,17). The SMILES string of the molecule is CCC1CCC(C)N1S(=O)(=O)N1CCCC(C(=O)O)C1. The van der Waals surface area contributed by atoms with Crippen LogP contribution in [0.1, 0.15) is 46.0 Å². The largest absolute Gasteiger partial charge is 0.481 e. The summed E-state index contributed by atoms with van der Waals surface area (Å²) >= 11 is 0. The smallest absolute Gasteiger partial charge is 0.307 e. The fourth-order valence-corrected chi connectivity index (χ4v) is 5.52. The van der Waals surface area contributed by atoms with Crippen molar-refractivity contribution >= 4 is 16.2 Å². The Bertz CT molecular complexity index is 465. The predicted molar refractivity (Wildman–Crippen MR) is 75.5 cm³/mol. The van der Waals surface area contributed by atoms with Crippen molar-refractivity contribution in [2.75, 3.05) is 13.1 Å². The molecule has 2 aliphatic heterocycles. The Balaban J connectivity index is 2.19. The molecule has 7 heteroatoms. The minimum Gasteiger partial charge on any atom is -0.481 e. The van der Waals surface area contributed by atoms with E-state index >= 15 is 0 Å². The van der Waals surface area contributed by atoms with Crippen molar-refractivity contribution in [1.82, 2.24) is 8.61 Å². The number of carbonyl (C=O) groups is 1. The second-order valence-corrected chi connectivity index (χ2v) is 7.70. The minimum absolute atomic E-state index is 0.00940. The Morgan fingerprint density at radius 3 is 2.60 bits per heavy atom. The van der Waals surface area contributed by atoms with Crippen molar-refractivity contribution in [3.8, 4) is 0 Å². The van der Waals surface area contributed by atoms with Crippen molar-refractivity contribution in [2.45, 2.75) is 58.0 Å². The highest BCUT2D eigenvalue weighted by molar-refractivity contribution is 7.86. The fourth-order valence-electron chi connectivity index (χ4n) is 3.33. The van der Waals surface area contributed by atoms with Gasteiger partial charge in [0.2, 0.25) is 0 Å². The van der Waals surface area contributed by atoms with Gasteiger partial charge in [-0.2, -0.15) is 17.0 Å². The van der Waals surface area contributed by atoms with Gasteiger partial charge in [0.25, 0.3) is 10.2 Å². The van der Waals surface area contributed by atoms with Crippen molar-refractivity contribution in [2.24, 2.45) is 5.92 Å². The monoisotopic (exact) mass is 304 g/mol. The van der Waals surface area contributed by atoms with Gasteiger partial charge in [0.1, 0.15) is 0 Å². The number of hydrogen-bond donors (Lipinski definition) is 1. The molecule has 0 bridgehead atoms. The maximum Gasteiger partial charge on any atom is 0.307 e. The number of carboxylic acids is 1. The van der Waals surface area contributed by atoms with Gasteiger partial charge in [-0.25, -0.2) is 0 Å². The lowest BCUT2D eigenvalue weighted by molar-refractivity contribution is -0.142. The van der Waals surface area contributed by atoms with E-state index in [0.29, 0.717) is 19.4 Å². The minimum atomic E-state index is -3.54. The van der Waals surface area contributed by atoms with Crippen LogP contribution in [0, 0.1) is 5.92 Å². The average Bonchev–Trinajstić information content (AvgIpc) is 2.80. The van der Waals surface area contributed by atoms with E-state index in [4.69, 9.17) is 5.11 Å². The van der Waals surface area contributed by atoms with Crippen molar-refractivity contribution in [3.05, 3.63) is 0 Å². The van der Waals surface area contributed by atoms with Crippen molar-refractivity contribution < 1.29 is 18.3 Å². The molecule has 0 aromatic carbocycles. The van der Waals surface area contributed by atoms with Crippen LogP contribution in [0.4, 0.5) is 0 Å². The first kappa shape index (κ1) is 15.7. The number of piperidine rings is 1. The highest BCUT2D eigenvalue weighted by Gasteiger charge is 2.43. The zero-order valence-electron chi connectivity index (χ0n) is 12.2. The van der Waals surface area contributed by atoms with E-state index in [9.17, 15) is 13.2 Å². The first-order valence-corrected chi connectivity index (χ1v) is 8.79. The molecule has 0 spiro atoms. The first-order valence-electron chi connectivity index (χ1n) is 7.39. The Hall–Kier alpha value is -0.660. The molecule has 116 valence electrons. The topological polar surface area (TPSA) is 77.9 Å². The summed E-state index contributed by atoms with van der Waals surface area (Å²) in [5, 5.41) is 9.10. The van der Waals surface area contributed by atoms with Gasteiger partial charge in [-0.05, 0) is 39.0 Å². The maximum atomic E-state index is 12.8. The molecule has 2 saturated heterocycles. The Labute approximate surface area is 120 Å². The third-order valence-electron chi connectivity index (χ3n) is 4.51. The Morgan fingerprint density at radius 2 is 2.00 bits per heavy atom. The molecule has 3 atom stereocenters. The van der Waals surface area contributed by atoms with E-state index in [2.05, 4.69) is 0 Å². The summed E-state index contributed by atoms with van der Waals surface area (Å²) in [6.45, 7) is 4.48. The summed E-state index contributed by atoms with van der Waals surface area (Å²) in [4.78, 5) is 11.1. The molecular weight excluding hydrogens is 280 g/mol. The lowest BCUT2D eigenvalue weighted by Gasteiger charge is -2.36. The first-order chi connectivity index (χ1) is 9.37. The van der Waals surface area contributed by atoms with Crippen LogP contribution >= 0.6 is 0 Å². The van der Waals surface area contributed by atoms with Gasteiger partial charge in [0.05, 0.1) is 5.92 Å². The number of carboxylic acid groups (broad SMARTS) is 1. The van der Waals surface area contributed by atoms with E-state index in [1.165, 1.54) is 4.31 Å². The van der Waals surface area contributed by atoms with Crippen LogP contribution in [0.2, 0.25) is 0 Å². The summed E-state index contributed by atoms with van der Waals surface area (Å²) < 4.78 is 28.6. The predicted octanol–water partition coefficient (Wildman–Crippen LogP) is 1.29. The third-order valence-corrected chi connectivity index (χ3v) is 6.68. The normalized spacial score (nSPS) is 33.4. The summed E-state index contributed by atoms with van der Waals surface area (Å²) in [7, 11) is -3.54. The second kappa shape index (κ2) is 5.99. The molecule has 2 heterocycles. The van der Waals surface area contributed by atoms with Crippen LogP contribution < -0.4 is 0 Å².